The SMILES string of the molecule is N#Cc1nccnc1-n1cnc(-c2ccc(N)cc2)n1. The Labute approximate surface area is 114 Å². The number of benzene rings is 1. The maximum absolute atomic E-state index is 9.01. The Hall–Kier alpha value is -3.27. The van der Waals surface area contributed by atoms with Crippen molar-refractivity contribution in [1.29, 1.82) is 5.26 Å². The fourth-order valence-electron chi connectivity index (χ4n) is 1.71. The molecule has 0 aliphatic heterocycles. The Balaban J connectivity index is 2.02. The van der Waals surface area contributed by atoms with Crippen LogP contribution in [0.5, 0.6) is 0 Å². The lowest BCUT2D eigenvalue weighted by molar-refractivity contribution is 0.833. The molecule has 0 unspecified atom stereocenters. The Kier molecular flexibility index (Phi) is 2.82. The standard InChI is InChI=1S/C13H9N7/c14-7-11-13(17-6-5-16-11)20-8-18-12(19-20)9-1-3-10(15)4-2-9/h1-6,8H,15H2. The Morgan fingerprint density at radius 3 is 2.55 bits per heavy atom. The molecule has 7 heteroatoms. The van der Waals surface area contributed by atoms with Gasteiger partial charge in [0.1, 0.15) is 12.4 Å². The lowest BCUT2D eigenvalue weighted by atomic mass is 10.2. The Morgan fingerprint density at radius 1 is 1.05 bits per heavy atom. The normalized spacial score (nSPS) is 10.2. The van der Waals surface area contributed by atoms with Crippen LogP contribution < -0.4 is 5.73 Å². The highest BCUT2D eigenvalue weighted by molar-refractivity contribution is 5.58. The van der Waals surface area contributed by atoms with E-state index < -0.39 is 0 Å². The van der Waals surface area contributed by atoms with E-state index in [4.69, 9.17) is 11.0 Å². The highest BCUT2D eigenvalue weighted by Gasteiger charge is 2.10. The van der Waals surface area contributed by atoms with Crippen LogP contribution in [0.2, 0.25) is 0 Å². The summed E-state index contributed by atoms with van der Waals surface area (Å²) in [5.41, 5.74) is 7.34. The quantitative estimate of drug-likeness (QED) is 0.696. The fourth-order valence-corrected chi connectivity index (χ4v) is 1.71. The van der Waals surface area contributed by atoms with E-state index in [0.717, 1.165) is 5.56 Å². The van der Waals surface area contributed by atoms with Gasteiger partial charge in [-0.3, -0.25) is 0 Å². The van der Waals surface area contributed by atoms with E-state index in [0.29, 0.717) is 17.3 Å². The minimum Gasteiger partial charge on any atom is -0.399 e. The van der Waals surface area contributed by atoms with Gasteiger partial charge in [-0.25, -0.2) is 15.0 Å². The molecule has 0 saturated heterocycles. The van der Waals surface area contributed by atoms with Gasteiger partial charge in [0.2, 0.25) is 0 Å². The van der Waals surface area contributed by atoms with E-state index in [-0.39, 0.29) is 5.69 Å². The van der Waals surface area contributed by atoms with Gasteiger partial charge in [0.25, 0.3) is 0 Å². The average molecular weight is 263 g/mol. The highest BCUT2D eigenvalue weighted by Crippen LogP contribution is 2.17. The zero-order valence-corrected chi connectivity index (χ0v) is 10.3. The maximum Gasteiger partial charge on any atom is 0.192 e. The second-order valence-corrected chi connectivity index (χ2v) is 3.98. The monoisotopic (exact) mass is 263 g/mol. The molecule has 0 fully saturated rings. The number of rotatable bonds is 2. The summed E-state index contributed by atoms with van der Waals surface area (Å²) in [7, 11) is 0. The van der Waals surface area contributed by atoms with Gasteiger partial charge in [-0.05, 0) is 24.3 Å². The number of aromatic nitrogens is 5. The van der Waals surface area contributed by atoms with Crippen molar-refractivity contribution < 1.29 is 0 Å². The van der Waals surface area contributed by atoms with Crippen molar-refractivity contribution in [2.75, 3.05) is 5.73 Å². The van der Waals surface area contributed by atoms with Crippen LogP contribution in [0, 0.1) is 11.3 Å². The number of nitrogens with two attached hydrogens (primary N) is 1. The molecule has 0 saturated carbocycles. The van der Waals surface area contributed by atoms with Crippen molar-refractivity contribution >= 4 is 5.69 Å². The van der Waals surface area contributed by atoms with Crippen LogP contribution in [0.15, 0.2) is 43.0 Å². The first-order valence-electron chi connectivity index (χ1n) is 5.77. The number of hydrogen-bond acceptors (Lipinski definition) is 6. The van der Waals surface area contributed by atoms with Crippen LogP contribution in [-0.4, -0.2) is 24.7 Å². The second-order valence-electron chi connectivity index (χ2n) is 3.98. The summed E-state index contributed by atoms with van der Waals surface area (Å²) >= 11 is 0. The molecule has 1 aromatic carbocycles. The van der Waals surface area contributed by atoms with Gasteiger partial charge in [0, 0.05) is 23.6 Å². The Morgan fingerprint density at radius 2 is 1.80 bits per heavy atom. The van der Waals surface area contributed by atoms with E-state index in [1.54, 1.807) is 12.1 Å². The van der Waals surface area contributed by atoms with E-state index >= 15 is 0 Å². The minimum atomic E-state index is 0.196. The highest BCUT2D eigenvalue weighted by atomic mass is 15.4. The Bertz CT molecular complexity index is 783. The largest absolute Gasteiger partial charge is 0.399 e. The minimum absolute atomic E-state index is 0.196. The van der Waals surface area contributed by atoms with Crippen molar-refractivity contribution in [2.24, 2.45) is 0 Å². The zero-order valence-electron chi connectivity index (χ0n) is 10.3. The van der Waals surface area contributed by atoms with Crippen molar-refractivity contribution in [3.63, 3.8) is 0 Å². The first kappa shape index (κ1) is 11.8. The summed E-state index contributed by atoms with van der Waals surface area (Å²) < 4.78 is 1.43. The summed E-state index contributed by atoms with van der Waals surface area (Å²) in [6, 6.07) is 9.19. The van der Waals surface area contributed by atoms with E-state index in [2.05, 4.69) is 20.1 Å². The summed E-state index contributed by atoms with van der Waals surface area (Å²) in [4.78, 5) is 12.2. The molecule has 3 rings (SSSR count). The number of anilines is 1. The second kappa shape index (κ2) is 4.78. The van der Waals surface area contributed by atoms with E-state index in [1.807, 2.05) is 18.2 Å². The maximum atomic E-state index is 9.01. The number of nitrogen functional groups attached to an aromatic ring is 1. The summed E-state index contributed by atoms with van der Waals surface area (Å²) in [6.07, 6.45) is 4.46. The molecule has 0 radical (unpaired) electrons. The molecule has 2 aromatic heterocycles. The lowest BCUT2D eigenvalue weighted by Gasteiger charge is -1.99. The molecule has 2 N–H and O–H groups in total. The van der Waals surface area contributed by atoms with Crippen LogP contribution in [0.3, 0.4) is 0 Å². The molecule has 0 aliphatic carbocycles. The van der Waals surface area contributed by atoms with Crippen molar-refractivity contribution in [1.82, 2.24) is 24.7 Å². The predicted molar refractivity (Wildman–Crippen MR) is 71.5 cm³/mol. The smallest absolute Gasteiger partial charge is 0.192 e. The van der Waals surface area contributed by atoms with Gasteiger partial charge in [-0.2, -0.15) is 9.94 Å². The van der Waals surface area contributed by atoms with Crippen LogP contribution >= 0.6 is 0 Å². The predicted octanol–water partition coefficient (Wildman–Crippen LogP) is 1.18. The van der Waals surface area contributed by atoms with E-state index in [9.17, 15) is 0 Å². The van der Waals surface area contributed by atoms with Crippen LogP contribution in [0.25, 0.3) is 17.2 Å². The van der Waals surface area contributed by atoms with Gasteiger partial charge in [-0.15, -0.1) is 5.10 Å². The third-order valence-corrected chi connectivity index (χ3v) is 2.66. The summed E-state index contributed by atoms with van der Waals surface area (Å²) in [5, 5.41) is 13.3. The van der Waals surface area contributed by atoms with Gasteiger partial charge >= 0.3 is 0 Å². The van der Waals surface area contributed by atoms with Gasteiger partial charge in [0.05, 0.1) is 0 Å². The summed E-state index contributed by atoms with van der Waals surface area (Å²) in [6.45, 7) is 0. The molecule has 7 nitrogen and oxygen atoms in total. The number of hydrogen-bond donors (Lipinski definition) is 1. The average Bonchev–Trinajstić information content (AvgIpc) is 2.97. The van der Waals surface area contributed by atoms with Crippen LogP contribution in [-0.2, 0) is 0 Å². The lowest BCUT2D eigenvalue weighted by Crippen LogP contribution is -2.03. The zero-order chi connectivity index (χ0) is 13.9. The molecule has 2 heterocycles. The molecule has 0 amide bonds. The fraction of sp³-hybridized carbons (Fsp3) is 0. The van der Waals surface area contributed by atoms with Crippen molar-refractivity contribution in [3.05, 3.63) is 48.7 Å². The first-order chi connectivity index (χ1) is 9.78. The van der Waals surface area contributed by atoms with Gasteiger partial charge < -0.3 is 5.73 Å². The number of nitriles is 1. The molecular formula is C13H9N7. The molecule has 0 bridgehead atoms. The molecule has 0 spiro atoms. The summed E-state index contributed by atoms with van der Waals surface area (Å²) in [5.74, 6) is 0.878. The third kappa shape index (κ3) is 2.06. The first-order valence-corrected chi connectivity index (χ1v) is 5.77. The molecule has 0 atom stereocenters. The van der Waals surface area contributed by atoms with Gasteiger partial charge in [-0.1, -0.05) is 0 Å². The van der Waals surface area contributed by atoms with Gasteiger partial charge in [0.15, 0.2) is 17.3 Å². The van der Waals surface area contributed by atoms with Crippen LogP contribution in [0.4, 0.5) is 5.69 Å². The van der Waals surface area contributed by atoms with Crippen molar-refractivity contribution in [3.8, 4) is 23.3 Å². The third-order valence-electron chi connectivity index (χ3n) is 2.66. The number of nitrogens with zero attached hydrogens (tertiary/aromatic N) is 6. The van der Waals surface area contributed by atoms with Crippen LogP contribution in [0.1, 0.15) is 5.69 Å². The molecular weight excluding hydrogens is 254 g/mol. The molecule has 0 aliphatic rings. The van der Waals surface area contributed by atoms with E-state index in [1.165, 1.54) is 23.4 Å². The topological polar surface area (TPSA) is 106 Å². The molecule has 96 valence electrons. The molecule has 3 aromatic rings. The van der Waals surface area contributed by atoms with Crippen molar-refractivity contribution in [2.45, 2.75) is 0 Å². The molecule has 20 heavy (non-hydrogen) atoms.